The van der Waals surface area contributed by atoms with E-state index in [2.05, 4.69) is 41.0 Å². The summed E-state index contributed by atoms with van der Waals surface area (Å²) in [4.78, 5) is 30.5. The highest BCUT2D eigenvalue weighted by molar-refractivity contribution is 7.15. The zero-order chi connectivity index (χ0) is 28.7. The van der Waals surface area contributed by atoms with Gasteiger partial charge in [-0.2, -0.15) is 0 Å². The van der Waals surface area contributed by atoms with Crippen molar-refractivity contribution in [3.8, 4) is 0 Å². The number of hydrogen-bond donors (Lipinski definition) is 4. The van der Waals surface area contributed by atoms with E-state index in [0.717, 1.165) is 37.9 Å². The lowest BCUT2D eigenvalue weighted by Crippen LogP contribution is -2.14. The zero-order valence-electron chi connectivity index (χ0n) is 22.8. The summed E-state index contributed by atoms with van der Waals surface area (Å²) in [6, 6.07) is 15.9. The van der Waals surface area contributed by atoms with Gasteiger partial charge < -0.3 is 20.6 Å². The molecule has 0 spiro atoms. The SMILES string of the molecule is O=C(Cc1c[nH]c2ccccc12)Nc1nnc(C2CCCCC2)s1.O=C(Cc1c[nH]c2ccccc12)Nc1nncs1. The third-order valence-electron chi connectivity index (χ3n) is 7.30. The summed E-state index contributed by atoms with van der Waals surface area (Å²) in [5, 5.41) is 25.9. The molecule has 6 aromatic rings. The van der Waals surface area contributed by atoms with Gasteiger partial charge in [0.15, 0.2) is 0 Å². The molecule has 214 valence electrons. The van der Waals surface area contributed by atoms with Crippen molar-refractivity contribution in [2.45, 2.75) is 50.9 Å². The van der Waals surface area contributed by atoms with Gasteiger partial charge in [-0.25, -0.2) is 0 Å². The van der Waals surface area contributed by atoms with Crippen molar-refractivity contribution in [1.29, 1.82) is 0 Å². The van der Waals surface area contributed by atoms with E-state index >= 15 is 0 Å². The number of carbonyl (C=O) groups is 2. The van der Waals surface area contributed by atoms with Crippen LogP contribution in [0.5, 0.6) is 0 Å². The molecule has 0 saturated heterocycles. The predicted octanol–water partition coefficient (Wildman–Crippen LogP) is 6.45. The number of rotatable bonds is 7. The van der Waals surface area contributed by atoms with Gasteiger partial charge >= 0.3 is 0 Å². The van der Waals surface area contributed by atoms with Crippen molar-refractivity contribution in [2.75, 3.05) is 10.6 Å². The van der Waals surface area contributed by atoms with Crippen LogP contribution < -0.4 is 10.6 Å². The lowest BCUT2D eigenvalue weighted by molar-refractivity contribution is -0.116. The number of carbonyl (C=O) groups excluding carboxylic acids is 2. The topological polar surface area (TPSA) is 141 Å². The standard InChI is InChI=1S/C18H20N4OS.C12H10N4OS/c23-16(10-13-11-19-15-9-5-4-8-14(13)15)20-18-22-21-17(24-18)12-6-2-1-3-7-12;17-11(15-12-16-14-7-18-12)5-8-6-13-10-4-2-1-3-9(8)10/h4-5,8-9,11-12,19H,1-3,6-7,10H2,(H,20,22,23);1-4,6-7,13H,5H2,(H,15,16,17). The maximum absolute atomic E-state index is 12.3. The van der Waals surface area contributed by atoms with Crippen molar-refractivity contribution in [3.63, 3.8) is 0 Å². The van der Waals surface area contributed by atoms with Gasteiger partial charge in [-0.05, 0) is 36.1 Å². The van der Waals surface area contributed by atoms with E-state index < -0.39 is 0 Å². The Morgan fingerprint density at radius 1 is 0.762 bits per heavy atom. The van der Waals surface area contributed by atoms with Crippen LogP contribution in [0.25, 0.3) is 21.8 Å². The molecule has 1 saturated carbocycles. The van der Waals surface area contributed by atoms with E-state index in [0.29, 0.717) is 29.0 Å². The average Bonchev–Trinajstić information content (AvgIpc) is 3.83. The maximum atomic E-state index is 12.3. The van der Waals surface area contributed by atoms with Gasteiger partial charge in [-0.15, -0.1) is 20.4 Å². The van der Waals surface area contributed by atoms with Crippen LogP contribution in [-0.4, -0.2) is 42.2 Å². The molecule has 0 radical (unpaired) electrons. The molecular formula is C30H30N8O2S2. The highest BCUT2D eigenvalue weighted by Gasteiger charge is 2.20. The summed E-state index contributed by atoms with van der Waals surface area (Å²) < 4.78 is 0. The Kier molecular flexibility index (Phi) is 8.61. The number of benzene rings is 2. The molecule has 4 heterocycles. The summed E-state index contributed by atoms with van der Waals surface area (Å²) in [5.74, 6) is 0.387. The van der Waals surface area contributed by atoms with E-state index in [1.807, 2.05) is 60.9 Å². The highest BCUT2D eigenvalue weighted by Crippen LogP contribution is 2.35. The molecule has 2 amide bonds. The van der Waals surface area contributed by atoms with Crippen LogP contribution in [-0.2, 0) is 22.4 Å². The molecule has 0 atom stereocenters. The van der Waals surface area contributed by atoms with Gasteiger partial charge in [0.2, 0.25) is 22.1 Å². The van der Waals surface area contributed by atoms with E-state index in [4.69, 9.17) is 0 Å². The number of para-hydroxylation sites is 2. The second kappa shape index (κ2) is 13.0. The van der Waals surface area contributed by atoms with Crippen molar-refractivity contribution >= 4 is 66.6 Å². The first kappa shape index (κ1) is 27.7. The Bertz CT molecular complexity index is 1780. The van der Waals surface area contributed by atoms with Crippen LogP contribution in [0.3, 0.4) is 0 Å². The lowest BCUT2D eigenvalue weighted by atomic mass is 9.90. The van der Waals surface area contributed by atoms with Crippen LogP contribution in [0.1, 0.15) is 54.2 Å². The van der Waals surface area contributed by atoms with Crippen LogP contribution in [0.15, 0.2) is 66.4 Å². The Morgan fingerprint density at radius 3 is 1.95 bits per heavy atom. The van der Waals surface area contributed by atoms with Crippen molar-refractivity contribution < 1.29 is 9.59 Å². The Hall–Kier alpha value is -4.42. The summed E-state index contributed by atoms with van der Waals surface area (Å²) in [6.07, 6.45) is 10.7. The van der Waals surface area contributed by atoms with Crippen LogP contribution in [0.4, 0.5) is 10.3 Å². The molecule has 0 bridgehead atoms. The van der Waals surface area contributed by atoms with Gasteiger partial charge in [0.25, 0.3) is 0 Å². The molecule has 10 nitrogen and oxygen atoms in total. The van der Waals surface area contributed by atoms with Gasteiger partial charge in [0, 0.05) is 40.1 Å². The van der Waals surface area contributed by atoms with Gasteiger partial charge in [0.05, 0.1) is 12.8 Å². The number of aromatic amines is 2. The lowest BCUT2D eigenvalue weighted by Gasteiger charge is -2.18. The fraction of sp³-hybridized carbons (Fsp3) is 0.267. The Labute approximate surface area is 250 Å². The molecule has 42 heavy (non-hydrogen) atoms. The van der Waals surface area contributed by atoms with E-state index in [-0.39, 0.29) is 11.8 Å². The smallest absolute Gasteiger partial charge is 0.230 e. The fourth-order valence-corrected chi connectivity index (χ4v) is 6.65. The number of amides is 2. The quantitative estimate of drug-likeness (QED) is 0.166. The molecule has 4 aromatic heterocycles. The maximum Gasteiger partial charge on any atom is 0.230 e. The molecule has 7 rings (SSSR count). The number of aromatic nitrogens is 6. The van der Waals surface area contributed by atoms with Crippen molar-refractivity contribution in [3.05, 3.63) is 82.6 Å². The van der Waals surface area contributed by atoms with Crippen LogP contribution in [0, 0.1) is 0 Å². The molecule has 12 heteroatoms. The van der Waals surface area contributed by atoms with Gasteiger partial charge in [-0.1, -0.05) is 78.3 Å². The normalized spacial score (nSPS) is 13.5. The largest absolute Gasteiger partial charge is 0.361 e. The Morgan fingerprint density at radius 2 is 1.36 bits per heavy atom. The Balaban J connectivity index is 0.000000157. The van der Waals surface area contributed by atoms with E-state index in [1.54, 1.807) is 5.51 Å². The second-order valence-electron chi connectivity index (χ2n) is 10.2. The van der Waals surface area contributed by atoms with E-state index in [1.165, 1.54) is 54.8 Å². The zero-order valence-corrected chi connectivity index (χ0v) is 24.4. The number of fused-ring (bicyclic) bond motifs is 2. The minimum atomic E-state index is -0.0866. The molecule has 1 aliphatic rings. The minimum absolute atomic E-state index is 0.0499. The third kappa shape index (κ3) is 6.72. The monoisotopic (exact) mass is 598 g/mol. The number of nitrogens with zero attached hydrogens (tertiary/aromatic N) is 4. The number of H-pyrrole nitrogens is 2. The first-order chi connectivity index (χ1) is 20.6. The highest BCUT2D eigenvalue weighted by atomic mass is 32.1. The fourth-order valence-electron chi connectivity index (χ4n) is 5.26. The third-order valence-corrected chi connectivity index (χ3v) is 8.91. The molecule has 1 aliphatic carbocycles. The number of anilines is 2. The van der Waals surface area contributed by atoms with Gasteiger partial charge in [0.1, 0.15) is 10.5 Å². The predicted molar refractivity (Wildman–Crippen MR) is 167 cm³/mol. The summed E-state index contributed by atoms with van der Waals surface area (Å²) in [6.45, 7) is 0. The van der Waals surface area contributed by atoms with Crippen molar-refractivity contribution in [2.24, 2.45) is 0 Å². The molecular weight excluding hydrogens is 569 g/mol. The minimum Gasteiger partial charge on any atom is -0.361 e. The first-order valence-electron chi connectivity index (χ1n) is 13.9. The molecule has 1 fully saturated rings. The molecule has 0 aliphatic heterocycles. The first-order valence-corrected chi connectivity index (χ1v) is 15.6. The molecule has 4 N–H and O–H groups in total. The summed E-state index contributed by atoms with van der Waals surface area (Å²) in [7, 11) is 0. The van der Waals surface area contributed by atoms with E-state index in [9.17, 15) is 9.59 Å². The molecule has 2 aromatic carbocycles. The number of nitrogens with one attached hydrogen (secondary N) is 4. The second-order valence-corrected chi connectivity index (χ2v) is 12.0. The summed E-state index contributed by atoms with van der Waals surface area (Å²) >= 11 is 2.83. The van der Waals surface area contributed by atoms with Gasteiger partial charge in [-0.3, -0.25) is 9.59 Å². The number of hydrogen-bond acceptors (Lipinski definition) is 8. The van der Waals surface area contributed by atoms with Crippen LogP contribution >= 0.6 is 22.7 Å². The summed E-state index contributed by atoms with van der Waals surface area (Å²) in [5.41, 5.74) is 5.65. The molecule has 0 unspecified atom stereocenters. The average molecular weight is 599 g/mol. The van der Waals surface area contributed by atoms with Crippen molar-refractivity contribution in [1.82, 2.24) is 30.4 Å². The van der Waals surface area contributed by atoms with Crippen LogP contribution in [0.2, 0.25) is 0 Å².